The van der Waals surface area contributed by atoms with Gasteiger partial charge in [-0.15, -0.1) is 11.3 Å². The molecule has 1 amide bonds. The van der Waals surface area contributed by atoms with E-state index in [0.29, 0.717) is 6.54 Å². The van der Waals surface area contributed by atoms with E-state index in [1.165, 1.54) is 0 Å². The largest absolute Gasteiger partial charge is 0.368 e. The first-order valence-electron chi connectivity index (χ1n) is 5.75. The van der Waals surface area contributed by atoms with E-state index in [9.17, 15) is 4.79 Å². The summed E-state index contributed by atoms with van der Waals surface area (Å²) in [6, 6.07) is 7.07. The van der Waals surface area contributed by atoms with Crippen molar-refractivity contribution in [3.05, 3.63) is 50.4 Å². The maximum Gasteiger partial charge on any atom is 0.239 e. The Kier molecular flexibility index (Phi) is 4.68. The molecule has 0 spiro atoms. The number of hydrogen-bond donors (Lipinski definition) is 2. The zero-order chi connectivity index (χ0) is 13.8. The minimum absolute atomic E-state index is 0.389. The Labute approximate surface area is 124 Å². The molecular formula is C13H14BrN3OS. The van der Waals surface area contributed by atoms with Crippen LogP contribution in [0, 0.1) is 6.92 Å². The Balaban J connectivity index is 2.13. The number of aryl methyl sites for hydroxylation is 1. The van der Waals surface area contributed by atoms with Gasteiger partial charge < -0.3 is 5.73 Å². The fourth-order valence-corrected chi connectivity index (χ4v) is 2.90. The zero-order valence-corrected chi connectivity index (χ0v) is 12.8. The molecule has 3 N–H and O–H groups in total. The standard InChI is InChI=1S/C13H14BrN3OS/c1-8-11(19-7-17-8)6-16-12(13(15)18)9-3-2-4-10(14)5-9/h2-5,7,12,16H,6H2,1H3,(H2,15,18)/t12-/m1/s1. The third-order valence-electron chi connectivity index (χ3n) is 2.78. The van der Waals surface area contributed by atoms with Crippen LogP contribution in [0.25, 0.3) is 0 Å². The Morgan fingerprint density at radius 1 is 1.58 bits per heavy atom. The molecule has 100 valence electrons. The number of aromatic nitrogens is 1. The first-order valence-corrected chi connectivity index (χ1v) is 7.42. The van der Waals surface area contributed by atoms with Crippen LogP contribution in [0.3, 0.4) is 0 Å². The van der Waals surface area contributed by atoms with E-state index in [2.05, 4.69) is 26.2 Å². The topological polar surface area (TPSA) is 68.0 Å². The summed E-state index contributed by atoms with van der Waals surface area (Å²) in [6.45, 7) is 2.53. The summed E-state index contributed by atoms with van der Waals surface area (Å²) in [5, 5.41) is 3.18. The van der Waals surface area contributed by atoms with Crippen molar-refractivity contribution in [3.8, 4) is 0 Å². The van der Waals surface area contributed by atoms with E-state index < -0.39 is 6.04 Å². The molecule has 2 rings (SSSR count). The van der Waals surface area contributed by atoms with Gasteiger partial charge in [-0.25, -0.2) is 4.98 Å². The molecule has 0 aliphatic rings. The average Bonchev–Trinajstić information content (AvgIpc) is 2.75. The molecule has 4 nitrogen and oxygen atoms in total. The SMILES string of the molecule is Cc1ncsc1CN[C@@H](C(N)=O)c1cccc(Br)c1. The number of hydrogen-bond acceptors (Lipinski definition) is 4. The van der Waals surface area contributed by atoms with Gasteiger partial charge in [-0.3, -0.25) is 10.1 Å². The highest BCUT2D eigenvalue weighted by molar-refractivity contribution is 9.10. The number of halogens is 1. The summed E-state index contributed by atoms with van der Waals surface area (Å²) >= 11 is 4.96. The number of nitrogens with zero attached hydrogens (tertiary/aromatic N) is 1. The summed E-state index contributed by atoms with van der Waals surface area (Å²) < 4.78 is 0.923. The maximum absolute atomic E-state index is 11.6. The quantitative estimate of drug-likeness (QED) is 0.879. The number of nitrogens with one attached hydrogen (secondary N) is 1. The summed E-state index contributed by atoms with van der Waals surface area (Å²) in [5.41, 5.74) is 9.10. The van der Waals surface area contributed by atoms with Crippen molar-refractivity contribution in [1.82, 2.24) is 10.3 Å². The van der Waals surface area contributed by atoms with E-state index in [-0.39, 0.29) is 5.91 Å². The lowest BCUT2D eigenvalue weighted by Gasteiger charge is -2.15. The Hall–Kier alpha value is -1.24. The minimum Gasteiger partial charge on any atom is -0.368 e. The third kappa shape index (κ3) is 3.62. The van der Waals surface area contributed by atoms with Crippen molar-refractivity contribution < 1.29 is 4.79 Å². The molecule has 2 aromatic rings. The second-order valence-corrected chi connectivity index (χ2v) is 5.99. The molecule has 0 aliphatic carbocycles. The van der Waals surface area contributed by atoms with Crippen LogP contribution in [-0.2, 0) is 11.3 Å². The normalized spacial score (nSPS) is 12.3. The smallest absolute Gasteiger partial charge is 0.239 e. The van der Waals surface area contributed by atoms with Gasteiger partial charge in [0.2, 0.25) is 5.91 Å². The lowest BCUT2D eigenvalue weighted by molar-refractivity contribution is -0.120. The lowest BCUT2D eigenvalue weighted by Crippen LogP contribution is -2.33. The molecule has 0 radical (unpaired) electrons. The Morgan fingerprint density at radius 2 is 2.37 bits per heavy atom. The van der Waals surface area contributed by atoms with E-state index in [1.54, 1.807) is 16.8 Å². The van der Waals surface area contributed by atoms with Crippen LogP contribution in [0.15, 0.2) is 34.2 Å². The molecular weight excluding hydrogens is 326 g/mol. The van der Waals surface area contributed by atoms with Crippen molar-refractivity contribution in [2.24, 2.45) is 5.73 Å². The number of rotatable bonds is 5. The summed E-state index contributed by atoms with van der Waals surface area (Å²) in [7, 11) is 0. The predicted molar refractivity (Wildman–Crippen MR) is 79.8 cm³/mol. The van der Waals surface area contributed by atoms with Crippen LogP contribution >= 0.6 is 27.3 Å². The fraction of sp³-hybridized carbons (Fsp3) is 0.231. The second kappa shape index (κ2) is 6.27. The summed E-state index contributed by atoms with van der Waals surface area (Å²) in [5.74, 6) is -0.389. The molecule has 0 fully saturated rings. The van der Waals surface area contributed by atoms with E-state index in [4.69, 9.17) is 5.73 Å². The third-order valence-corrected chi connectivity index (χ3v) is 4.21. The number of benzene rings is 1. The highest BCUT2D eigenvalue weighted by atomic mass is 79.9. The molecule has 0 aliphatic heterocycles. The summed E-state index contributed by atoms with van der Waals surface area (Å²) in [4.78, 5) is 16.9. The van der Waals surface area contributed by atoms with Crippen LogP contribution in [0.5, 0.6) is 0 Å². The van der Waals surface area contributed by atoms with Crippen LogP contribution in [-0.4, -0.2) is 10.9 Å². The Morgan fingerprint density at radius 3 is 2.95 bits per heavy atom. The van der Waals surface area contributed by atoms with E-state index in [1.807, 2.05) is 31.2 Å². The number of carbonyl (C=O) groups is 1. The van der Waals surface area contributed by atoms with Crippen molar-refractivity contribution >= 4 is 33.2 Å². The number of primary amides is 1. The van der Waals surface area contributed by atoms with Crippen molar-refractivity contribution in [3.63, 3.8) is 0 Å². The highest BCUT2D eigenvalue weighted by Crippen LogP contribution is 2.20. The fourth-order valence-electron chi connectivity index (χ4n) is 1.76. The molecule has 1 atom stereocenters. The monoisotopic (exact) mass is 339 g/mol. The Bertz CT molecular complexity index is 585. The molecule has 1 aromatic carbocycles. The highest BCUT2D eigenvalue weighted by Gasteiger charge is 2.18. The van der Waals surface area contributed by atoms with Crippen LogP contribution < -0.4 is 11.1 Å². The van der Waals surface area contributed by atoms with Gasteiger partial charge in [-0.05, 0) is 24.6 Å². The van der Waals surface area contributed by atoms with Gasteiger partial charge in [-0.1, -0.05) is 28.1 Å². The molecule has 6 heteroatoms. The molecule has 1 heterocycles. The van der Waals surface area contributed by atoms with Crippen molar-refractivity contribution in [2.75, 3.05) is 0 Å². The number of thiazole rings is 1. The van der Waals surface area contributed by atoms with E-state index in [0.717, 1.165) is 20.6 Å². The first-order chi connectivity index (χ1) is 9.08. The predicted octanol–water partition coefficient (Wildman–Crippen LogP) is 2.53. The minimum atomic E-state index is -0.501. The molecule has 0 saturated heterocycles. The number of nitrogens with two attached hydrogens (primary N) is 1. The van der Waals surface area contributed by atoms with Crippen LogP contribution in [0.4, 0.5) is 0 Å². The van der Waals surface area contributed by atoms with Crippen LogP contribution in [0.2, 0.25) is 0 Å². The first kappa shape index (κ1) is 14.2. The molecule has 0 bridgehead atoms. The van der Waals surface area contributed by atoms with Gasteiger partial charge in [0.1, 0.15) is 6.04 Å². The maximum atomic E-state index is 11.6. The number of amides is 1. The molecule has 1 aromatic heterocycles. The van der Waals surface area contributed by atoms with Gasteiger partial charge in [0.05, 0.1) is 11.2 Å². The van der Waals surface area contributed by atoms with Gasteiger partial charge in [0, 0.05) is 15.9 Å². The zero-order valence-electron chi connectivity index (χ0n) is 10.4. The number of carbonyl (C=O) groups excluding carboxylic acids is 1. The van der Waals surface area contributed by atoms with Gasteiger partial charge in [0.15, 0.2) is 0 Å². The van der Waals surface area contributed by atoms with Gasteiger partial charge >= 0.3 is 0 Å². The van der Waals surface area contributed by atoms with Crippen molar-refractivity contribution in [2.45, 2.75) is 19.5 Å². The molecule has 0 saturated carbocycles. The molecule has 0 unspecified atom stereocenters. The summed E-state index contributed by atoms with van der Waals surface area (Å²) in [6.07, 6.45) is 0. The molecule has 19 heavy (non-hydrogen) atoms. The van der Waals surface area contributed by atoms with Gasteiger partial charge in [0.25, 0.3) is 0 Å². The van der Waals surface area contributed by atoms with Crippen molar-refractivity contribution in [1.29, 1.82) is 0 Å². The lowest BCUT2D eigenvalue weighted by atomic mass is 10.1. The second-order valence-electron chi connectivity index (χ2n) is 4.13. The average molecular weight is 340 g/mol. The van der Waals surface area contributed by atoms with Gasteiger partial charge in [-0.2, -0.15) is 0 Å². The van der Waals surface area contributed by atoms with Crippen LogP contribution in [0.1, 0.15) is 22.2 Å². The van der Waals surface area contributed by atoms with E-state index >= 15 is 0 Å².